The molecule has 1 aromatic heterocycles. The fourth-order valence-electron chi connectivity index (χ4n) is 2.83. The van der Waals surface area contributed by atoms with E-state index in [4.69, 9.17) is 0 Å². The monoisotopic (exact) mass is 355 g/mol. The van der Waals surface area contributed by atoms with E-state index in [0.717, 1.165) is 24.2 Å². The first kappa shape index (κ1) is 17.2. The molecule has 5 nitrogen and oxygen atoms in total. The standard InChI is InChI=1S/C19H21N3O2S/c1-3-22(4-2)17-12-10-16(11-13-17)21-25(23,24)18-9-5-7-15-8-6-14-20-19(15)18/h5-14,21H,3-4H2,1-2H3. The van der Waals surface area contributed by atoms with Gasteiger partial charge in [-0.15, -0.1) is 0 Å². The molecule has 0 bridgehead atoms. The van der Waals surface area contributed by atoms with Crippen LogP contribution in [0.25, 0.3) is 10.9 Å². The molecule has 0 radical (unpaired) electrons. The van der Waals surface area contributed by atoms with E-state index in [-0.39, 0.29) is 4.90 Å². The highest BCUT2D eigenvalue weighted by Crippen LogP contribution is 2.24. The number of para-hydroxylation sites is 1. The van der Waals surface area contributed by atoms with E-state index in [1.54, 1.807) is 36.5 Å². The van der Waals surface area contributed by atoms with Gasteiger partial charge in [0, 0.05) is 36.0 Å². The van der Waals surface area contributed by atoms with E-state index in [2.05, 4.69) is 28.5 Å². The Hall–Kier alpha value is -2.60. The van der Waals surface area contributed by atoms with Crippen LogP contribution in [-0.2, 0) is 10.0 Å². The highest BCUT2D eigenvalue weighted by molar-refractivity contribution is 7.93. The number of rotatable bonds is 6. The number of anilines is 2. The Morgan fingerprint density at radius 1 is 0.960 bits per heavy atom. The van der Waals surface area contributed by atoms with Crippen LogP contribution in [-0.4, -0.2) is 26.5 Å². The van der Waals surface area contributed by atoms with Crippen LogP contribution in [0.2, 0.25) is 0 Å². The van der Waals surface area contributed by atoms with Crippen LogP contribution in [0.3, 0.4) is 0 Å². The summed E-state index contributed by atoms with van der Waals surface area (Å²) in [5.41, 5.74) is 2.07. The normalized spacial score (nSPS) is 11.4. The predicted octanol–water partition coefficient (Wildman–Crippen LogP) is 3.88. The van der Waals surface area contributed by atoms with Crippen molar-refractivity contribution in [1.29, 1.82) is 0 Å². The Morgan fingerprint density at radius 3 is 2.32 bits per heavy atom. The molecule has 0 spiro atoms. The van der Waals surface area contributed by atoms with Gasteiger partial charge in [0.1, 0.15) is 4.90 Å². The lowest BCUT2D eigenvalue weighted by Crippen LogP contribution is -2.21. The molecule has 0 saturated heterocycles. The zero-order chi connectivity index (χ0) is 17.9. The number of fused-ring (bicyclic) bond motifs is 1. The molecule has 0 aliphatic carbocycles. The summed E-state index contributed by atoms with van der Waals surface area (Å²) in [4.78, 5) is 6.60. The van der Waals surface area contributed by atoms with Gasteiger partial charge in [0.05, 0.1) is 5.52 Å². The lowest BCUT2D eigenvalue weighted by atomic mass is 10.2. The zero-order valence-electron chi connectivity index (χ0n) is 14.3. The molecule has 0 atom stereocenters. The molecule has 0 fully saturated rings. The fourth-order valence-corrected chi connectivity index (χ4v) is 4.07. The zero-order valence-corrected chi connectivity index (χ0v) is 15.1. The molecule has 0 unspecified atom stereocenters. The number of nitrogens with one attached hydrogen (secondary N) is 1. The molecule has 130 valence electrons. The van der Waals surface area contributed by atoms with Crippen LogP contribution in [0.1, 0.15) is 13.8 Å². The maximum absolute atomic E-state index is 12.8. The summed E-state index contributed by atoms with van der Waals surface area (Å²) in [5, 5.41) is 0.794. The predicted molar refractivity (Wildman–Crippen MR) is 103 cm³/mol. The van der Waals surface area contributed by atoms with Crippen molar-refractivity contribution in [3.8, 4) is 0 Å². The number of benzene rings is 2. The average Bonchev–Trinajstić information content (AvgIpc) is 2.63. The topological polar surface area (TPSA) is 62.3 Å². The van der Waals surface area contributed by atoms with Crippen molar-refractivity contribution >= 4 is 32.3 Å². The first-order chi connectivity index (χ1) is 12.0. The van der Waals surface area contributed by atoms with Gasteiger partial charge < -0.3 is 4.90 Å². The Balaban J connectivity index is 1.91. The quantitative estimate of drug-likeness (QED) is 0.729. The molecule has 2 aromatic carbocycles. The summed E-state index contributed by atoms with van der Waals surface area (Å²) in [6.07, 6.45) is 1.60. The van der Waals surface area contributed by atoms with Gasteiger partial charge in [-0.3, -0.25) is 9.71 Å². The van der Waals surface area contributed by atoms with Gasteiger partial charge in [0.25, 0.3) is 10.0 Å². The molecule has 3 aromatic rings. The van der Waals surface area contributed by atoms with Crippen LogP contribution in [0.5, 0.6) is 0 Å². The highest BCUT2D eigenvalue weighted by Gasteiger charge is 2.18. The van der Waals surface area contributed by atoms with Crippen LogP contribution in [0.4, 0.5) is 11.4 Å². The SMILES string of the molecule is CCN(CC)c1ccc(NS(=O)(=O)c2cccc3cccnc23)cc1. The molecule has 0 amide bonds. The molecule has 1 heterocycles. The van der Waals surface area contributed by atoms with Crippen molar-refractivity contribution in [2.45, 2.75) is 18.7 Å². The number of aromatic nitrogens is 1. The third-order valence-corrected chi connectivity index (χ3v) is 5.55. The minimum absolute atomic E-state index is 0.179. The molecule has 0 saturated carbocycles. The summed E-state index contributed by atoms with van der Waals surface area (Å²) in [7, 11) is -3.71. The van der Waals surface area contributed by atoms with Crippen molar-refractivity contribution in [1.82, 2.24) is 4.98 Å². The molecular formula is C19H21N3O2S. The minimum atomic E-state index is -3.71. The van der Waals surface area contributed by atoms with Gasteiger partial charge in [-0.2, -0.15) is 0 Å². The smallest absolute Gasteiger partial charge is 0.264 e. The molecule has 0 aliphatic heterocycles. The number of hydrogen-bond donors (Lipinski definition) is 1. The van der Waals surface area contributed by atoms with Crippen LogP contribution >= 0.6 is 0 Å². The number of nitrogens with zero attached hydrogens (tertiary/aromatic N) is 2. The van der Waals surface area contributed by atoms with Gasteiger partial charge in [-0.1, -0.05) is 18.2 Å². The van der Waals surface area contributed by atoms with Crippen molar-refractivity contribution in [3.63, 3.8) is 0 Å². The van der Waals surface area contributed by atoms with E-state index in [1.165, 1.54) is 0 Å². The van der Waals surface area contributed by atoms with Crippen LogP contribution in [0.15, 0.2) is 65.7 Å². The number of hydrogen-bond acceptors (Lipinski definition) is 4. The largest absolute Gasteiger partial charge is 0.372 e. The van der Waals surface area contributed by atoms with Gasteiger partial charge in [-0.25, -0.2) is 8.42 Å². The van der Waals surface area contributed by atoms with Crippen molar-refractivity contribution in [3.05, 3.63) is 60.8 Å². The summed E-state index contributed by atoms with van der Waals surface area (Å²) in [6.45, 7) is 5.99. The van der Waals surface area contributed by atoms with E-state index < -0.39 is 10.0 Å². The second kappa shape index (κ2) is 7.11. The van der Waals surface area contributed by atoms with Gasteiger partial charge in [0.2, 0.25) is 0 Å². The third kappa shape index (κ3) is 3.58. The lowest BCUT2D eigenvalue weighted by molar-refractivity contribution is 0.602. The van der Waals surface area contributed by atoms with Crippen molar-refractivity contribution in [2.75, 3.05) is 22.7 Å². The Bertz CT molecular complexity index is 960. The van der Waals surface area contributed by atoms with Gasteiger partial charge in [-0.05, 0) is 50.2 Å². The molecule has 6 heteroatoms. The van der Waals surface area contributed by atoms with Crippen molar-refractivity contribution in [2.24, 2.45) is 0 Å². The maximum Gasteiger partial charge on any atom is 0.264 e. The number of pyridine rings is 1. The average molecular weight is 355 g/mol. The number of sulfonamides is 1. The molecule has 25 heavy (non-hydrogen) atoms. The Morgan fingerprint density at radius 2 is 1.64 bits per heavy atom. The Kier molecular flexibility index (Phi) is 4.90. The van der Waals surface area contributed by atoms with Gasteiger partial charge in [0.15, 0.2) is 0 Å². The molecule has 0 aliphatic rings. The fraction of sp³-hybridized carbons (Fsp3) is 0.211. The van der Waals surface area contributed by atoms with E-state index in [1.807, 2.05) is 24.3 Å². The summed E-state index contributed by atoms with van der Waals surface area (Å²) >= 11 is 0. The highest BCUT2D eigenvalue weighted by atomic mass is 32.2. The molecule has 1 N–H and O–H groups in total. The van der Waals surface area contributed by atoms with Crippen LogP contribution < -0.4 is 9.62 Å². The molecular weight excluding hydrogens is 334 g/mol. The first-order valence-corrected chi connectivity index (χ1v) is 9.75. The molecule has 3 rings (SSSR count). The minimum Gasteiger partial charge on any atom is -0.372 e. The summed E-state index contributed by atoms with van der Waals surface area (Å²) in [6, 6.07) is 16.2. The second-order valence-electron chi connectivity index (χ2n) is 5.66. The maximum atomic E-state index is 12.8. The van der Waals surface area contributed by atoms with E-state index in [0.29, 0.717) is 11.2 Å². The van der Waals surface area contributed by atoms with Crippen molar-refractivity contribution < 1.29 is 8.42 Å². The van der Waals surface area contributed by atoms with Gasteiger partial charge >= 0.3 is 0 Å². The first-order valence-electron chi connectivity index (χ1n) is 8.26. The summed E-state index contributed by atoms with van der Waals surface area (Å²) in [5.74, 6) is 0. The Labute approximate surface area is 148 Å². The van der Waals surface area contributed by atoms with E-state index in [9.17, 15) is 8.42 Å². The van der Waals surface area contributed by atoms with E-state index >= 15 is 0 Å². The third-order valence-electron chi connectivity index (χ3n) is 4.13. The van der Waals surface area contributed by atoms with Crippen LogP contribution in [0, 0.1) is 0 Å². The summed E-state index contributed by atoms with van der Waals surface area (Å²) < 4.78 is 28.2. The second-order valence-corrected chi connectivity index (χ2v) is 7.31. The lowest BCUT2D eigenvalue weighted by Gasteiger charge is -2.21.